The Hall–Kier alpha value is -2.37. The van der Waals surface area contributed by atoms with E-state index in [0.29, 0.717) is 31.8 Å². The fourth-order valence-corrected chi connectivity index (χ4v) is 4.25. The minimum absolute atomic E-state index is 0.0461. The summed E-state index contributed by atoms with van der Waals surface area (Å²) < 4.78 is 13.5. The van der Waals surface area contributed by atoms with Crippen LogP contribution in [0.1, 0.15) is 31.7 Å². The Labute approximate surface area is 158 Å². The molecule has 5 nitrogen and oxygen atoms in total. The average Bonchev–Trinajstić information content (AvgIpc) is 3.23. The lowest BCUT2D eigenvalue weighted by Crippen LogP contribution is -2.42. The van der Waals surface area contributed by atoms with Gasteiger partial charge < -0.3 is 14.8 Å². The van der Waals surface area contributed by atoms with Crippen molar-refractivity contribution in [1.29, 1.82) is 0 Å². The van der Waals surface area contributed by atoms with Crippen LogP contribution in [-0.4, -0.2) is 52.8 Å². The monoisotopic (exact) mass is 371 g/mol. The van der Waals surface area contributed by atoms with Crippen molar-refractivity contribution >= 4 is 22.7 Å². The lowest BCUT2D eigenvalue weighted by atomic mass is 9.97. The van der Waals surface area contributed by atoms with E-state index >= 15 is 0 Å². The minimum atomic E-state index is -0.262. The summed E-state index contributed by atoms with van der Waals surface area (Å²) in [7, 11) is 0. The van der Waals surface area contributed by atoms with Crippen LogP contribution in [-0.2, 0) is 16.0 Å². The normalized spacial score (nSPS) is 21.4. The maximum Gasteiger partial charge on any atom is 0.227 e. The van der Waals surface area contributed by atoms with Crippen molar-refractivity contribution in [1.82, 2.24) is 14.8 Å². The molecule has 0 bridgehead atoms. The summed E-state index contributed by atoms with van der Waals surface area (Å²) in [6.07, 6.45) is 4.94. The van der Waals surface area contributed by atoms with Crippen LogP contribution < -0.4 is 0 Å². The predicted molar refractivity (Wildman–Crippen MR) is 102 cm³/mol. The second-order valence-electron chi connectivity index (χ2n) is 8.00. The highest BCUT2D eigenvalue weighted by Gasteiger charge is 2.36. The van der Waals surface area contributed by atoms with Crippen LogP contribution in [0.5, 0.6) is 0 Å². The molecule has 2 fully saturated rings. The average molecular weight is 371 g/mol. The SMILES string of the molecule is CC1CCN(C(=O)C2CC(=O)N(CCc3c[nH]c4ccc(F)cc34)C2)CC1. The van der Waals surface area contributed by atoms with Gasteiger partial charge >= 0.3 is 0 Å². The van der Waals surface area contributed by atoms with Gasteiger partial charge in [0.2, 0.25) is 11.8 Å². The number of rotatable bonds is 4. The molecular formula is C21H26FN3O2. The first-order valence-corrected chi connectivity index (χ1v) is 9.83. The Morgan fingerprint density at radius 1 is 1.30 bits per heavy atom. The topological polar surface area (TPSA) is 56.4 Å². The van der Waals surface area contributed by atoms with Gasteiger partial charge in [-0.3, -0.25) is 9.59 Å². The molecule has 1 atom stereocenters. The number of aromatic nitrogens is 1. The van der Waals surface area contributed by atoms with E-state index in [1.165, 1.54) is 12.1 Å². The third kappa shape index (κ3) is 3.70. The van der Waals surface area contributed by atoms with Crippen molar-refractivity contribution in [3.8, 4) is 0 Å². The molecule has 2 amide bonds. The Kier molecular flexibility index (Phi) is 4.89. The van der Waals surface area contributed by atoms with Crippen LogP contribution in [0.4, 0.5) is 4.39 Å². The van der Waals surface area contributed by atoms with E-state index in [2.05, 4.69) is 11.9 Å². The van der Waals surface area contributed by atoms with E-state index < -0.39 is 0 Å². The van der Waals surface area contributed by atoms with Gasteiger partial charge in [0.1, 0.15) is 5.82 Å². The molecule has 144 valence electrons. The number of aromatic amines is 1. The number of carbonyl (C=O) groups is 2. The summed E-state index contributed by atoms with van der Waals surface area (Å²) in [5.74, 6) is 0.377. The zero-order chi connectivity index (χ0) is 19.0. The van der Waals surface area contributed by atoms with E-state index in [1.54, 1.807) is 11.0 Å². The predicted octanol–water partition coefficient (Wildman–Crippen LogP) is 2.96. The third-order valence-corrected chi connectivity index (χ3v) is 6.04. The Morgan fingerprint density at radius 3 is 2.85 bits per heavy atom. The van der Waals surface area contributed by atoms with E-state index in [1.807, 2.05) is 11.1 Å². The van der Waals surface area contributed by atoms with Crippen LogP contribution in [0.3, 0.4) is 0 Å². The fraction of sp³-hybridized carbons (Fsp3) is 0.524. The first kappa shape index (κ1) is 18.0. The number of hydrogen-bond acceptors (Lipinski definition) is 2. The number of H-pyrrole nitrogens is 1. The first-order chi connectivity index (χ1) is 13.0. The number of fused-ring (bicyclic) bond motifs is 1. The molecule has 6 heteroatoms. The summed E-state index contributed by atoms with van der Waals surface area (Å²) in [5.41, 5.74) is 1.89. The molecule has 1 unspecified atom stereocenters. The van der Waals surface area contributed by atoms with Gasteiger partial charge in [0.15, 0.2) is 0 Å². The molecule has 2 aromatic rings. The van der Waals surface area contributed by atoms with Crippen LogP contribution in [0.25, 0.3) is 10.9 Å². The van der Waals surface area contributed by atoms with Crippen LogP contribution >= 0.6 is 0 Å². The van der Waals surface area contributed by atoms with Crippen molar-refractivity contribution in [2.75, 3.05) is 26.2 Å². The molecule has 1 aromatic carbocycles. The molecule has 2 aliphatic rings. The van der Waals surface area contributed by atoms with E-state index in [-0.39, 0.29) is 23.5 Å². The van der Waals surface area contributed by atoms with Gasteiger partial charge in [0, 0.05) is 49.7 Å². The highest BCUT2D eigenvalue weighted by atomic mass is 19.1. The summed E-state index contributed by atoms with van der Waals surface area (Å²) in [4.78, 5) is 32.0. The maximum atomic E-state index is 13.5. The number of amides is 2. The molecule has 1 aromatic heterocycles. The zero-order valence-electron chi connectivity index (χ0n) is 15.7. The highest BCUT2D eigenvalue weighted by molar-refractivity contribution is 5.89. The Bertz CT molecular complexity index is 854. The van der Waals surface area contributed by atoms with Gasteiger partial charge in [-0.1, -0.05) is 6.92 Å². The Balaban J connectivity index is 1.36. The summed E-state index contributed by atoms with van der Waals surface area (Å²) in [6.45, 7) is 4.90. The van der Waals surface area contributed by atoms with Gasteiger partial charge in [-0.05, 0) is 48.9 Å². The molecular weight excluding hydrogens is 345 g/mol. The summed E-state index contributed by atoms with van der Waals surface area (Å²) in [6, 6.07) is 4.68. The molecule has 0 radical (unpaired) electrons. The van der Waals surface area contributed by atoms with Crippen molar-refractivity contribution in [2.45, 2.75) is 32.6 Å². The van der Waals surface area contributed by atoms with Crippen LogP contribution in [0.2, 0.25) is 0 Å². The van der Waals surface area contributed by atoms with Crippen LogP contribution in [0, 0.1) is 17.7 Å². The number of piperidine rings is 1. The molecule has 2 aliphatic heterocycles. The van der Waals surface area contributed by atoms with Crippen molar-refractivity contribution in [2.24, 2.45) is 11.8 Å². The summed E-state index contributed by atoms with van der Waals surface area (Å²) in [5, 5.41) is 0.858. The molecule has 2 saturated heterocycles. The van der Waals surface area contributed by atoms with Crippen molar-refractivity contribution < 1.29 is 14.0 Å². The summed E-state index contributed by atoms with van der Waals surface area (Å²) >= 11 is 0. The lowest BCUT2D eigenvalue weighted by Gasteiger charge is -2.32. The molecule has 4 rings (SSSR count). The smallest absolute Gasteiger partial charge is 0.227 e. The van der Waals surface area contributed by atoms with E-state index in [0.717, 1.165) is 42.4 Å². The van der Waals surface area contributed by atoms with Gasteiger partial charge in [0.25, 0.3) is 0 Å². The Morgan fingerprint density at radius 2 is 2.07 bits per heavy atom. The molecule has 0 saturated carbocycles. The van der Waals surface area contributed by atoms with Gasteiger partial charge in [-0.15, -0.1) is 0 Å². The van der Waals surface area contributed by atoms with Gasteiger partial charge in [-0.25, -0.2) is 4.39 Å². The quantitative estimate of drug-likeness (QED) is 0.898. The largest absolute Gasteiger partial charge is 0.361 e. The second-order valence-corrected chi connectivity index (χ2v) is 8.00. The molecule has 1 N–H and O–H groups in total. The molecule has 0 aliphatic carbocycles. The van der Waals surface area contributed by atoms with Gasteiger partial charge in [0.05, 0.1) is 5.92 Å². The highest BCUT2D eigenvalue weighted by Crippen LogP contribution is 2.25. The molecule has 0 spiro atoms. The third-order valence-electron chi connectivity index (χ3n) is 6.04. The standard InChI is InChI=1S/C21H26FN3O2/c1-14-4-7-24(8-5-14)21(27)16-10-20(26)25(13-16)9-6-15-12-23-19-3-2-17(22)11-18(15)19/h2-3,11-12,14,16,23H,4-10,13H2,1H3. The first-order valence-electron chi connectivity index (χ1n) is 9.83. The van der Waals surface area contributed by atoms with Crippen molar-refractivity contribution in [3.63, 3.8) is 0 Å². The fourth-order valence-electron chi connectivity index (χ4n) is 4.25. The lowest BCUT2D eigenvalue weighted by molar-refractivity contribution is -0.137. The van der Waals surface area contributed by atoms with Gasteiger partial charge in [-0.2, -0.15) is 0 Å². The maximum absolute atomic E-state index is 13.5. The van der Waals surface area contributed by atoms with Crippen LogP contribution in [0.15, 0.2) is 24.4 Å². The number of halogens is 1. The minimum Gasteiger partial charge on any atom is -0.361 e. The molecule has 3 heterocycles. The number of carbonyl (C=O) groups excluding carboxylic acids is 2. The van der Waals surface area contributed by atoms with E-state index in [9.17, 15) is 14.0 Å². The second kappa shape index (κ2) is 7.33. The number of benzene rings is 1. The number of nitrogens with zero attached hydrogens (tertiary/aromatic N) is 2. The van der Waals surface area contributed by atoms with Crippen molar-refractivity contribution in [3.05, 3.63) is 35.8 Å². The number of hydrogen-bond donors (Lipinski definition) is 1. The number of nitrogens with one attached hydrogen (secondary N) is 1. The zero-order valence-corrected chi connectivity index (χ0v) is 15.7. The molecule has 27 heavy (non-hydrogen) atoms. The number of likely N-dealkylation sites (tertiary alicyclic amines) is 2. The van der Waals surface area contributed by atoms with E-state index in [4.69, 9.17) is 0 Å².